The van der Waals surface area contributed by atoms with Gasteiger partial charge in [0.25, 0.3) is 5.91 Å². The molecule has 0 aliphatic rings. The van der Waals surface area contributed by atoms with Gasteiger partial charge in [-0.2, -0.15) is 5.10 Å². The summed E-state index contributed by atoms with van der Waals surface area (Å²) in [6.07, 6.45) is -0.900. The quantitative estimate of drug-likeness (QED) is 0.611. The molecule has 0 saturated heterocycles. The Balaban J connectivity index is 2.12. The zero-order valence-corrected chi connectivity index (χ0v) is 14.9. The Morgan fingerprint density at radius 2 is 1.92 bits per heavy atom. The number of aryl methyl sites for hydroxylation is 1. The average Bonchev–Trinajstić information content (AvgIpc) is 2.90. The van der Waals surface area contributed by atoms with Crippen LogP contribution in [0.1, 0.15) is 28.7 Å². The largest absolute Gasteiger partial charge is 0.449 e. The molecule has 2 rings (SSSR count). The van der Waals surface area contributed by atoms with Crippen molar-refractivity contribution in [2.75, 3.05) is 20.3 Å². The number of nitrogens with zero attached hydrogens (tertiary/aromatic N) is 2. The fraction of sp³-hybridized carbons (Fsp3) is 0.389. The number of hydrogen-bond acceptors (Lipinski definition) is 5. The molecule has 0 spiro atoms. The van der Waals surface area contributed by atoms with Crippen molar-refractivity contribution >= 4 is 11.9 Å². The number of nitrogens with one attached hydrogen (secondary N) is 1. The number of carbonyl (C=O) groups is 2. The van der Waals surface area contributed by atoms with Gasteiger partial charge in [-0.3, -0.25) is 4.79 Å². The van der Waals surface area contributed by atoms with Crippen molar-refractivity contribution in [1.29, 1.82) is 0 Å². The number of carbonyl (C=O) groups excluding carboxylic acids is 2. The molecule has 1 atom stereocenters. The third-order valence-corrected chi connectivity index (χ3v) is 3.75. The molecule has 7 nitrogen and oxygen atoms in total. The molecule has 0 bridgehead atoms. The molecule has 134 valence electrons. The van der Waals surface area contributed by atoms with Crippen LogP contribution in [0.3, 0.4) is 0 Å². The Kier molecular flexibility index (Phi) is 6.30. The van der Waals surface area contributed by atoms with Gasteiger partial charge in [-0.15, -0.1) is 0 Å². The van der Waals surface area contributed by atoms with Crippen molar-refractivity contribution in [2.45, 2.75) is 26.9 Å². The maximum absolute atomic E-state index is 12.5. The highest BCUT2D eigenvalue weighted by molar-refractivity contribution is 5.94. The van der Waals surface area contributed by atoms with Crippen LogP contribution >= 0.6 is 0 Å². The molecule has 1 heterocycles. The van der Waals surface area contributed by atoms with Crippen LogP contribution in [0.25, 0.3) is 5.69 Å². The first-order chi connectivity index (χ1) is 12.0. The van der Waals surface area contributed by atoms with E-state index in [1.807, 2.05) is 30.3 Å². The lowest BCUT2D eigenvalue weighted by molar-refractivity contribution is -0.129. The van der Waals surface area contributed by atoms with E-state index in [-0.39, 0.29) is 5.91 Å². The van der Waals surface area contributed by atoms with Crippen LogP contribution in [-0.2, 0) is 14.3 Å². The molecule has 2 aromatic rings. The summed E-state index contributed by atoms with van der Waals surface area (Å²) < 4.78 is 11.8. The SMILES string of the molecule is COCCNC(=O)[C@@H](C)OC(=O)c1c(C)nn(-c2ccccc2)c1C. The van der Waals surface area contributed by atoms with Crippen molar-refractivity contribution in [3.8, 4) is 5.69 Å². The summed E-state index contributed by atoms with van der Waals surface area (Å²) in [5.41, 5.74) is 2.45. The van der Waals surface area contributed by atoms with Crippen LogP contribution < -0.4 is 5.32 Å². The number of ether oxygens (including phenoxy) is 2. The maximum Gasteiger partial charge on any atom is 0.342 e. The molecule has 25 heavy (non-hydrogen) atoms. The van der Waals surface area contributed by atoms with E-state index in [2.05, 4.69) is 10.4 Å². The van der Waals surface area contributed by atoms with Gasteiger partial charge < -0.3 is 14.8 Å². The highest BCUT2D eigenvalue weighted by atomic mass is 16.5. The number of rotatable bonds is 7. The minimum Gasteiger partial charge on any atom is -0.449 e. The smallest absolute Gasteiger partial charge is 0.342 e. The average molecular weight is 345 g/mol. The molecule has 0 radical (unpaired) electrons. The van der Waals surface area contributed by atoms with Gasteiger partial charge in [-0.05, 0) is 32.9 Å². The number of hydrogen-bond donors (Lipinski definition) is 1. The Labute approximate surface area is 146 Å². The van der Waals surface area contributed by atoms with E-state index in [4.69, 9.17) is 9.47 Å². The van der Waals surface area contributed by atoms with Crippen LogP contribution in [0.4, 0.5) is 0 Å². The first kappa shape index (κ1) is 18.7. The molecule has 7 heteroatoms. The second kappa shape index (κ2) is 8.43. The van der Waals surface area contributed by atoms with Crippen LogP contribution in [-0.4, -0.2) is 48.0 Å². The van der Waals surface area contributed by atoms with Gasteiger partial charge in [0.2, 0.25) is 0 Å². The number of methoxy groups -OCH3 is 1. The molecule has 0 saturated carbocycles. The lowest BCUT2D eigenvalue weighted by atomic mass is 10.2. The summed E-state index contributed by atoms with van der Waals surface area (Å²) in [7, 11) is 1.55. The monoisotopic (exact) mass is 345 g/mol. The number of para-hydroxylation sites is 1. The molecule has 0 fully saturated rings. The summed E-state index contributed by atoms with van der Waals surface area (Å²) in [6, 6.07) is 9.52. The minimum atomic E-state index is -0.900. The maximum atomic E-state index is 12.5. The van der Waals surface area contributed by atoms with E-state index in [0.29, 0.717) is 30.1 Å². The van der Waals surface area contributed by atoms with E-state index < -0.39 is 12.1 Å². The van der Waals surface area contributed by atoms with Crippen molar-refractivity contribution in [3.05, 3.63) is 47.3 Å². The van der Waals surface area contributed by atoms with Crippen LogP contribution in [0.2, 0.25) is 0 Å². The molecule has 0 aliphatic heterocycles. The van der Waals surface area contributed by atoms with E-state index in [9.17, 15) is 9.59 Å². The van der Waals surface area contributed by atoms with Crippen LogP contribution in [0.15, 0.2) is 30.3 Å². The molecule has 1 aromatic carbocycles. The lowest BCUT2D eigenvalue weighted by Crippen LogP contribution is -2.37. The molecule has 1 N–H and O–H groups in total. The normalized spacial score (nSPS) is 11.8. The topological polar surface area (TPSA) is 82.4 Å². The van der Waals surface area contributed by atoms with Crippen LogP contribution in [0.5, 0.6) is 0 Å². The van der Waals surface area contributed by atoms with Crippen LogP contribution in [0, 0.1) is 13.8 Å². The third kappa shape index (κ3) is 4.45. The van der Waals surface area contributed by atoms with E-state index in [1.165, 1.54) is 6.92 Å². The fourth-order valence-corrected chi connectivity index (χ4v) is 2.45. The predicted molar refractivity (Wildman–Crippen MR) is 92.8 cm³/mol. The number of esters is 1. The molecular formula is C18H23N3O4. The van der Waals surface area contributed by atoms with Crippen molar-refractivity contribution < 1.29 is 19.1 Å². The third-order valence-electron chi connectivity index (χ3n) is 3.75. The number of benzene rings is 1. The van der Waals surface area contributed by atoms with Gasteiger partial charge in [0.15, 0.2) is 6.10 Å². The highest BCUT2D eigenvalue weighted by Crippen LogP contribution is 2.19. The van der Waals surface area contributed by atoms with Crippen molar-refractivity contribution in [3.63, 3.8) is 0 Å². The van der Waals surface area contributed by atoms with Gasteiger partial charge in [0.1, 0.15) is 5.56 Å². The first-order valence-electron chi connectivity index (χ1n) is 8.05. The highest BCUT2D eigenvalue weighted by Gasteiger charge is 2.24. The number of aromatic nitrogens is 2. The van der Waals surface area contributed by atoms with Gasteiger partial charge >= 0.3 is 5.97 Å². The van der Waals surface area contributed by atoms with Gasteiger partial charge in [-0.1, -0.05) is 18.2 Å². The zero-order valence-electron chi connectivity index (χ0n) is 14.9. The molecule has 1 amide bonds. The Morgan fingerprint density at radius 3 is 2.56 bits per heavy atom. The first-order valence-corrected chi connectivity index (χ1v) is 8.05. The summed E-state index contributed by atoms with van der Waals surface area (Å²) in [6.45, 7) is 5.83. The predicted octanol–water partition coefficient (Wildman–Crippen LogP) is 1.80. The second-order valence-corrected chi connectivity index (χ2v) is 5.62. The van der Waals surface area contributed by atoms with E-state index >= 15 is 0 Å². The summed E-state index contributed by atoms with van der Waals surface area (Å²) in [5.74, 6) is -0.928. The summed E-state index contributed by atoms with van der Waals surface area (Å²) >= 11 is 0. The Hall–Kier alpha value is -2.67. The lowest BCUT2D eigenvalue weighted by Gasteiger charge is -2.13. The van der Waals surface area contributed by atoms with Crippen molar-refractivity contribution in [1.82, 2.24) is 15.1 Å². The van der Waals surface area contributed by atoms with E-state index in [0.717, 1.165) is 5.69 Å². The standard InChI is InChI=1S/C18H23N3O4/c1-12-16(13(2)21(20-12)15-8-6-5-7-9-15)18(23)25-14(3)17(22)19-10-11-24-4/h5-9,14H,10-11H2,1-4H3,(H,19,22)/t14-/m1/s1. The second-order valence-electron chi connectivity index (χ2n) is 5.62. The van der Waals surface area contributed by atoms with Gasteiger partial charge in [0.05, 0.1) is 23.7 Å². The van der Waals surface area contributed by atoms with Gasteiger partial charge in [-0.25, -0.2) is 9.48 Å². The molecule has 0 unspecified atom stereocenters. The van der Waals surface area contributed by atoms with Gasteiger partial charge in [0, 0.05) is 13.7 Å². The fourth-order valence-electron chi connectivity index (χ4n) is 2.45. The molecule has 0 aliphatic carbocycles. The molecular weight excluding hydrogens is 322 g/mol. The molecule has 1 aromatic heterocycles. The van der Waals surface area contributed by atoms with Crippen molar-refractivity contribution in [2.24, 2.45) is 0 Å². The number of amides is 1. The minimum absolute atomic E-state index is 0.362. The summed E-state index contributed by atoms with van der Waals surface area (Å²) in [4.78, 5) is 24.4. The van der Waals surface area contributed by atoms with E-state index in [1.54, 1.807) is 25.6 Å². The zero-order chi connectivity index (χ0) is 18.4. The summed E-state index contributed by atoms with van der Waals surface area (Å²) in [5, 5.41) is 7.05. The Bertz CT molecular complexity index is 740. The Morgan fingerprint density at radius 1 is 1.24 bits per heavy atom.